The molecule has 0 radical (unpaired) electrons. The van der Waals surface area contributed by atoms with Crippen molar-refractivity contribution in [3.8, 4) is 0 Å². The minimum Gasteiger partial charge on any atom is -0.481 e. The summed E-state index contributed by atoms with van der Waals surface area (Å²) in [6.07, 6.45) is 0.962. The number of carbonyl (C=O) groups excluding carboxylic acids is 1. The zero-order chi connectivity index (χ0) is 17.9. The maximum atomic E-state index is 12.8. The molecule has 1 atom stereocenters. The van der Waals surface area contributed by atoms with Crippen molar-refractivity contribution in [3.63, 3.8) is 0 Å². The van der Waals surface area contributed by atoms with Crippen molar-refractivity contribution in [3.05, 3.63) is 39.4 Å². The van der Waals surface area contributed by atoms with E-state index in [9.17, 15) is 24.8 Å². The lowest BCUT2D eigenvalue weighted by molar-refractivity contribution is -0.384. The summed E-state index contributed by atoms with van der Waals surface area (Å²) in [5.74, 6) is -1.39. The van der Waals surface area contributed by atoms with Crippen molar-refractivity contribution >= 4 is 17.6 Å². The van der Waals surface area contributed by atoms with Crippen LogP contribution in [0.3, 0.4) is 0 Å². The Kier molecular flexibility index (Phi) is 5.18. The van der Waals surface area contributed by atoms with Crippen molar-refractivity contribution in [1.82, 2.24) is 4.90 Å². The highest BCUT2D eigenvalue weighted by molar-refractivity contribution is 5.96. The number of carbonyl (C=O) groups is 2. The molecule has 1 aliphatic heterocycles. The molecule has 1 N–H and O–H groups in total. The molecule has 130 valence electrons. The molecule has 1 saturated heterocycles. The van der Waals surface area contributed by atoms with Crippen LogP contribution in [-0.2, 0) is 9.53 Å². The fourth-order valence-electron chi connectivity index (χ4n) is 3.06. The van der Waals surface area contributed by atoms with Gasteiger partial charge in [-0.15, -0.1) is 0 Å². The average molecular weight is 336 g/mol. The number of aliphatic carboxylic acids is 1. The Hall–Kier alpha value is -2.48. The van der Waals surface area contributed by atoms with Crippen LogP contribution >= 0.6 is 0 Å². The Morgan fingerprint density at radius 2 is 2.17 bits per heavy atom. The predicted octanol–water partition coefficient (Wildman–Crippen LogP) is 1.86. The van der Waals surface area contributed by atoms with Crippen LogP contribution in [0.25, 0.3) is 0 Å². The van der Waals surface area contributed by atoms with Crippen LogP contribution in [0, 0.1) is 22.5 Å². The normalized spacial score (nSPS) is 20.7. The van der Waals surface area contributed by atoms with E-state index in [2.05, 4.69) is 0 Å². The van der Waals surface area contributed by atoms with E-state index in [4.69, 9.17) is 4.74 Å². The number of likely N-dealkylation sites (tertiary alicyclic amines) is 1. The summed E-state index contributed by atoms with van der Waals surface area (Å²) in [6.45, 7) is 2.15. The molecule has 24 heavy (non-hydrogen) atoms. The van der Waals surface area contributed by atoms with Gasteiger partial charge in [0.25, 0.3) is 11.6 Å². The van der Waals surface area contributed by atoms with Gasteiger partial charge in [-0.25, -0.2) is 0 Å². The first-order chi connectivity index (χ1) is 11.3. The molecule has 1 fully saturated rings. The van der Waals surface area contributed by atoms with Crippen molar-refractivity contribution < 1.29 is 24.4 Å². The highest BCUT2D eigenvalue weighted by atomic mass is 16.6. The van der Waals surface area contributed by atoms with E-state index in [0.717, 1.165) is 0 Å². The number of carboxylic acids is 1. The third-order valence-electron chi connectivity index (χ3n) is 4.40. The summed E-state index contributed by atoms with van der Waals surface area (Å²) >= 11 is 0. The Morgan fingerprint density at radius 3 is 2.75 bits per heavy atom. The first kappa shape index (κ1) is 17.9. The number of nitro benzene ring substituents is 1. The van der Waals surface area contributed by atoms with Crippen molar-refractivity contribution in [2.75, 3.05) is 26.8 Å². The monoisotopic (exact) mass is 336 g/mol. The number of nitro groups is 1. The number of non-ortho nitro benzene ring substituents is 1. The molecule has 8 nitrogen and oxygen atoms in total. The molecule has 1 amide bonds. The van der Waals surface area contributed by atoms with Crippen molar-refractivity contribution in [2.24, 2.45) is 5.41 Å². The van der Waals surface area contributed by atoms with Gasteiger partial charge in [-0.05, 0) is 25.3 Å². The van der Waals surface area contributed by atoms with Crippen LogP contribution in [0.15, 0.2) is 18.2 Å². The van der Waals surface area contributed by atoms with E-state index >= 15 is 0 Å². The number of nitrogens with zero attached hydrogens (tertiary/aromatic N) is 2. The number of aryl methyl sites for hydroxylation is 1. The van der Waals surface area contributed by atoms with Gasteiger partial charge in [-0.1, -0.05) is 6.07 Å². The van der Waals surface area contributed by atoms with Crippen LogP contribution in [0.2, 0.25) is 0 Å². The summed E-state index contributed by atoms with van der Waals surface area (Å²) < 4.78 is 5.05. The number of rotatable bonds is 5. The number of amides is 1. The zero-order valence-electron chi connectivity index (χ0n) is 13.7. The molecule has 1 heterocycles. The zero-order valence-corrected chi connectivity index (χ0v) is 13.7. The van der Waals surface area contributed by atoms with Crippen LogP contribution in [0.4, 0.5) is 5.69 Å². The molecule has 8 heteroatoms. The topological polar surface area (TPSA) is 110 Å². The maximum Gasteiger partial charge on any atom is 0.313 e. The minimum atomic E-state index is -1.14. The lowest BCUT2D eigenvalue weighted by Crippen LogP contribution is -2.52. The number of hydrogen-bond donors (Lipinski definition) is 1. The van der Waals surface area contributed by atoms with E-state index < -0.39 is 22.2 Å². The number of ether oxygens (including phenoxy) is 1. The maximum absolute atomic E-state index is 12.8. The third kappa shape index (κ3) is 3.38. The van der Waals surface area contributed by atoms with Crippen LogP contribution in [0.1, 0.15) is 28.8 Å². The first-order valence-corrected chi connectivity index (χ1v) is 7.57. The molecule has 0 aliphatic carbocycles. The Balaban J connectivity index is 2.31. The van der Waals surface area contributed by atoms with Gasteiger partial charge in [-0.2, -0.15) is 0 Å². The number of carboxylic acid groups (broad SMARTS) is 1. The molecule has 1 aromatic rings. The van der Waals surface area contributed by atoms with Gasteiger partial charge in [-0.3, -0.25) is 19.7 Å². The quantitative estimate of drug-likeness (QED) is 0.649. The number of methoxy groups -OCH3 is 1. The number of benzene rings is 1. The lowest BCUT2D eigenvalue weighted by Gasteiger charge is -2.39. The summed E-state index contributed by atoms with van der Waals surface area (Å²) in [6, 6.07) is 4.11. The highest BCUT2D eigenvalue weighted by Gasteiger charge is 2.44. The Labute approximate surface area is 139 Å². The predicted molar refractivity (Wildman–Crippen MR) is 84.9 cm³/mol. The van der Waals surface area contributed by atoms with Crippen LogP contribution in [-0.4, -0.2) is 53.6 Å². The lowest BCUT2D eigenvalue weighted by atomic mass is 9.80. The molecule has 0 saturated carbocycles. The van der Waals surface area contributed by atoms with E-state index in [1.165, 1.54) is 30.2 Å². The standard InChI is InChI=1S/C16H20N2O6/c1-11-4-5-12(18(22)23)8-13(11)14(19)17-7-3-6-16(9-17,10-24-2)15(20)21/h4-5,8H,3,6-7,9-10H2,1-2H3,(H,20,21). The minimum absolute atomic E-state index is 0.0139. The highest BCUT2D eigenvalue weighted by Crippen LogP contribution is 2.32. The second-order valence-corrected chi connectivity index (χ2v) is 6.11. The summed E-state index contributed by atoms with van der Waals surface area (Å²) in [7, 11) is 1.43. The van der Waals surface area contributed by atoms with E-state index in [1.54, 1.807) is 6.92 Å². The Morgan fingerprint density at radius 1 is 1.46 bits per heavy atom. The summed E-state index contributed by atoms with van der Waals surface area (Å²) in [5.41, 5.74) is -0.467. The van der Waals surface area contributed by atoms with Gasteiger partial charge in [0.15, 0.2) is 0 Å². The fourth-order valence-corrected chi connectivity index (χ4v) is 3.06. The smallest absolute Gasteiger partial charge is 0.313 e. The van der Waals surface area contributed by atoms with Crippen LogP contribution in [0.5, 0.6) is 0 Å². The van der Waals surface area contributed by atoms with E-state index in [-0.39, 0.29) is 24.4 Å². The third-order valence-corrected chi connectivity index (χ3v) is 4.40. The average Bonchev–Trinajstić information content (AvgIpc) is 2.54. The second-order valence-electron chi connectivity index (χ2n) is 6.11. The molecule has 0 bridgehead atoms. The largest absolute Gasteiger partial charge is 0.481 e. The molecule has 1 unspecified atom stereocenters. The first-order valence-electron chi connectivity index (χ1n) is 7.57. The van der Waals surface area contributed by atoms with Gasteiger partial charge < -0.3 is 14.7 Å². The Bertz CT molecular complexity index is 671. The fraction of sp³-hybridized carbons (Fsp3) is 0.500. The van der Waals surface area contributed by atoms with Crippen LogP contribution < -0.4 is 0 Å². The number of hydrogen-bond acceptors (Lipinski definition) is 5. The summed E-state index contributed by atoms with van der Waals surface area (Å²) in [4.78, 5) is 36.3. The molecule has 1 aromatic carbocycles. The number of piperidine rings is 1. The SMILES string of the molecule is COCC1(C(=O)O)CCCN(C(=O)c2cc([N+](=O)[O-])ccc2C)C1. The van der Waals surface area contributed by atoms with Crippen molar-refractivity contribution in [1.29, 1.82) is 0 Å². The molecule has 2 rings (SSSR count). The van der Waals surface area contributed by atoms with Crippen molar-refractivity contribution in [2.45, 2.75) is 19.8 Å². The summed E-state index contributed by atoms with van der Waals surface area (Å²) in [5, 5.41) is 20.5. The van der Waals surface area contributed by atoms with E-state index in [0.29, 0.717) is 24.9 Å². The van der Waals surface area contributed by atoms with E-state index in [1.807, 2.05) is 0 Å². The van der Waals surface area contributed by atoms with Gasteiger partial charge in [0.2, 0.25) is 0 Å². The molecular formula is C16H20N2O6. The molecule has 0 aromatic heterocycles. The molecular weight excluding hydrogens is 316 g/mol. The molecule has 1 aliphatic rings. The van der Waals surface area contributed by atoms with Gasteiger partial charge in [0.05, 0.1) is 11.5 Å². The second kappa shape index (κ2) is 6.96. The molecule has 0 spiro atoms. The van der Waals surface area contributed by atoms with Gasteiger partial charge in [0, 0.05) is 37.9 Å². The van der Waals surface area contributed by atoms with Gasteiger partial charge in [0.1, 0.15) is 5.41 Å². The van der Waals surface area contributed by atoms with Gasteiger partial charge >= 0.3 is 5.97 Å².